The van der Waals surface area contributed by atoms with Crippen molar-refractivity contribution >= 4 is 11.6 Å². The lowest BCUT2D eigenvalue weighted by Crippen LogP contribution is -2.32. The molecule has 0 radical (unpaired) electrons. The number of nitrogens with two attached hydrogens (primary N) is 1. The first-order valence-electron chi connectivity index (χ1n) is 7.13. The molecule has 1 heterocycles. The fraction of sp³-hybridized carbons (Fsp3) is 0.467. The Bertz CT molecular complexity index is 595. The molecule has 114 valence electrons. The van der Waals surface area contributed by atoms with Crippen LogP contribution in [0.1, 0.15) is 31.3 Å². The molecule has 0 spiro atoms. The normalized spacial score (nSPS) is 12.9. The second kappa shape index (κ2) is 7.02. The van der Waals surface area contributed by atoms with Gasteiger partial charge in [0.15, 0.2) is 5.82 Å². The van der Waals surface area contributed by atoms with Gasteiger partial charge in [-0.1, -0.05) is 42.7 Å². The summed E-state index contributed by atoms with van der Waals surface area (Å²) in [5.74, 6) is 0.920. The van der Waals surface area contributed by atoms with E-state index in [1.165, 1.54) is 0 Å². The summed E-state index contributed by atoms with van der Waals surface area (Å²) in [4.78, 5) is 6.61. The van der Waals surface area contributed by atoms with E-state index < -0.39 is 0 Å². The van der Waals surface area contributed by atoms with Crippen LogP contribution in [0.25, 0.3) is 11.5 Å². The molecule has 5 nitrogen and oxygen atoms in total. The Kier molecular flexibility index (Phi) is 5.33. The van der Waals surface area contributed by atoms with Gasteiger partial charge in [-0.2, -0.15) is 4.98 Å². The number of hydrogen-bond donors (Lipinski definition) is 1. The maximum atomic E-state index is 6.28. The summed E-state index contributed by atoms with van der Waals surface area (Å²) in [6, 6.07) is 5.44. The molecule has 2 N–H and O–H groups in total. The Morgan fingerprint density at radius 3 is 2.71 bits per heavy atom. The van der Waals surface area contributed by atoms with E-state index in [4.69, 9.17) is 21.9 Å². The minimum atomic E-state index is -0.272. The zero-order valence-corrected chi connectivity index (χ0v) is 13.4. The van der Waals surface area contributed by atoms with Gasteiger partial charge in [-0.25, -0.2) is 0 Å². The highest BCUT2D eigenvalue weighted by molar-refractivity contribution is 6.33. The number of likely N-dealkylation sites (N-methyl/N-ethyl adjacent to an activating group) is 1. The van der Waals surface area contributed by atoms with Crippen LogP contribution in [0.2, 0.25) is 5.02 Å². The fourth-order valence-electron chi connectivity index (χ4n) is 2.15. The fourth-order valence-corrected chi connectivity index (χ4v) is 2.36. The molecule has 21 heavy (non-hydrogen) atoms. The molecule has 0 fully saturated rings. The summed E-state index contributed by atoms with van der Waals surface area (Å²) in [7, 11) is 0. The Morgan fingerprint density at radius 2 is 2.05 bits per heavy atom. The van der Waals surface area contributed by atoms with E-state index in [2.05, 4.69) is 28.9 Å². The lowest BCUT2D eigenvalue weighted by Gasteiger charge is -2.20. The van der Waals surface area contributed by atoms with E-state index in [9.17, 15) is 0 Å². The molecular formula is C15H21ClN4O. The Morgan fingerprint density at radius 1 is 1.33 bits per heavy atom. The molecule has 0 aliphatic carbocycles. The molecular weight excluding hydrogens is 288 g/mol. The highest BCUT2D eigenvalue weighted by Crippen LogP contribution is 2.29. The third-order valence-electron chi connectivity index (χ3n) is 3.54. The zero-order valence-electron chi connectivity index (χ0n) is 12.6. The van der Waals surface area contributed by atoms with Gasteiger partial charge in [0.25, 0.3) is 5.89 Å². The minimum absolute atomic E-state index is 0.272. The van der Waals surface area contributed by atoms with Crippen molar-refractivity contribution in [1.82, 2.24) is 15.0 Å². The third kappa shape index (κ3) is 3.61. The quantitative estimate of drug-likeness (QED) is 0.888. The van der Waals surface area contributed by atoms with E-state index >= 15 is 0 Å². The number of halogens is 1. The summed E-state index contributed by atoms with van der Waals surface area (Å²) in [6.45, 7) is 8.73. The second-order valence-electron chi connectivity index (χ2n) is 4.99. The van der Waals surface area contributed by atoms with Crippen molar-refractivity contribution in [3.05, 3.63) is 34.6 Å². The highest BCUT2D eigenvalue weighted by Gasteiger charge is 2.19. The van der Waals surface area contributed by atoms with Gasteiger partial charge in [0.1, 0.15) is 0 Å². The average Bonchev–Trinajstić information content (AvgIpc) is 2.97. The molecule has 2 rings (SSSR count). The first-order valence-corrected chi connectivity index (χ1v) is 7.51. The SMILES string of the molecule is CCN(CC)CC(N)c1noc(-c2cccc(C)c2Cl)n1. The van der Waals surface area contributed by atoms with E-state index in [0.29, 0.717) is 23.3 Å². The van der Waals surface area contributed by atoms with Gasteiger partial charge in [-0.3, -0.25) is 0 Å². The summed E-state index contributed by atoms with van der Waals surface area (Å²) in [5, 5.41) is 4.62. The van der Waals surface area contributed by atoms with Crippen LogP contribution in [-0.4, -0.2) is 34.7 Å². The standard InChI is InChI=1S/C15H21ClN4O/c1-4-20(5-2)9-12(17)14-18-15(21-19-14)11-8-6-7-10(3)13(11)16/h6-8,12H,4-5,9,17H2,1-3H3. The summed E-state index contributed by atoms with van der Waals surface area (Å²) in [6.07, 6.45) is 0. The smallest absolute Gasteiger partial charge is 0.259 e. The lowest BCUT2D eigenvalue weighted by molar-refractivity contribution is 0.278. The maximum Gasteiger partial charge on any atom is 0.259 e. The number of rotatable bonds is 6. The van der Waals surface area contributed by atoms with Crippen LogP contribution < -0.4 is 5.73 Å². The molecule has 0 aliphatic rings. The van der Waals surface area contributed by atoms with E-state index in [0.717, 1.165) is 24.2 Å². The predicted octanol–water partition coefficient (Wildman–Crippen LogP) is 3.04. The van der Waals surface area contributed by atoms with Crippen molar-refractivity contribution in [3.8, 4) is 11.5 Å². The average molecular weight is 309 g/mol. The number of benzene rings is 1. The summed E-state index contributed by atoms with van der Waals surface area (Å²) >= 11 is 6.28. The predicted molar refractivity (Wildman–Crippen MR) is 84.2 cm³/mol. The van der Waals surface area contributed by atoms with Crippen molar-refractivity contribution in [3.63, 3.8) is 0 Å². The molecule has 0 saturated carbocycles. The Hall–Kier alpha value is -1.43. The lowest BCUT2D eigenvalue weighted by atomic mass is 10.1. The van der Waals surface area contributed by atoms with Crippen molar-refractivity contribution in [2.75, 3.05) is 19.6 Å². The topological polar surface area (TPSA) is 68.2 Å². The van der Waals surface area contributed by atoms with Gasteiger partial charge in [-0.15, -0.1) is 0 Å². The van der Waals surface area contributed by atoms with Crippen molar-refractivity contribution < 1.29 is 4.52 Å². The van der Waals surface area contributed by atoms with E-state index in [1.807, 2.05) is 25.1 Å². The first-order chi connectivity index (χ1) is 10.1. The van der Waals surface area contributed by atoms with Gasteiger partial charge in [0.2, 0.25) is 0 Å². The molecule has 1 aromatic carbocycles. The van der Waals surface area contributed by atoms with Crippen LogP contribution in [0.5, 0.6) is 0 Å². The number of nitrogens with zero attached hydrogens (tertiary/aromatic N) is 3. The highest BCUT2D eigenvalue weighted by atomic mass is 35.5. The molecule has 0 amide bonds. The van der Waals surface area contributed by atoms with Crippen molar-refractivity contribution in [2.24, 2.45) is 5.73 Å². The van der Waals surface area contributed by atoms with Crippen LogP contribution in [0.3, 0.4) is 0 Å². The van der Waals surface area contributed by atoms with Crippen molar-refractivity contribution in [1.29, 1.82) is 0 Å². The van der Waals surface area contributed by atoms with Crippen LogP contribution in [0, 0.1) is 6.92 Å². The molecule has 2 aromatic rings. The summed E-state index contributed by atoms with van der Waals surface area (Å²) < 4.78 is 5.31. The molecule has 1 unspecified atom stereocenters. The monoisotopic (exact) mass is 308 g/mol. The van der Waals surface area contributed by atoms with Gasteiger partial charge >= 0.3 is 0 Å². The Labute approximate surface area is 130 Å². The van der Waals surface area contributed by atoms with E-state index in [-0.39, 0.29) is 6.04 Å². The molecule has 6 heteroatoms. The molecule has 0 saturated heterocycles. The van der Waals surface area contributed by atoms with Gasteiger partial charge in [0.05, 0.1) is 16.6 Å². The van der Waals surface area contributed by atoms with Crippen molar-refractivity contribution in [2.45, 2.75) is 26.8 Å². The largest absolute Gasteiger partial charge is 0.334 e. The molecule has 1 aromatic heterocycles. The third-order valence-corrected chi connectivity index (χ3v) is 4.05. The molecule has 1 atom stereocenters. The van der Waals surface area contributed by atoms with Gasteiger partial charge < -0.3 is 15.2 Å². The van der Waals surface area contributed by atoms with Crippen LogP contribution >= 0.6 is 11.6 Å². The summed E-state index contributed by atoms with van der Waals surface area (Å²) in [5.41, 5.74) is 7.86. The molecule has 0 aliphatic heterocycles. The van der Waals surface area contributed by atoms with Crippen LogP contribution in [0.15, 0.2) is 22.7 Å². The van der Waals surface area contributed by atoms with Crippen LogP contribution in [-0.2, 0) is 0 Å². The maximum absolute atomic E-state index is 6.28. The first kappa shape index (κ1) is 15.9. The van der Waals surface area contributed by atoms with Gasteiger partial charge in [-0.05, 0) is 31.6 Å². The Balaban J connectivity index is 2.19. The number of hydrogen-bond acceptors (Lipinski definition) is 5. The minimum Gasteiger partial charge on any atom is -0.334 e. The van der Waals surface area contributed by atoms with Gasteiger partial charge in [0, 0.05) is 6.54 Å². The number of aromatic nitrogens is 2. The number of aryl methyl sites for hydroxylation is 1. The van der Waals surface area contributed by atoms with E-state index in [1.54, 1.807) is 0 Å². The molecule has 0 bridgehead atoms. The second-order valence-corrected chi connectivity index (χ2v) is 5.36. The zero-order chi connectivity index (χ0) is 15.4. The van der Waals surface area contributed by atoms with Crippen LogP contribution in [0.4, 0.5) is 0 Å².